The first-order valence-electron chi connectivity index (χ1n) is 9.36. The molecule has 3 rings (SSSR count). The lowest BCUT2D eigenvalue weighted by Gasteiger charge is -2.41. The van der Waals surface area contributed by atoms with E-state index >= 15 is 0 Å². The van der Waals surface area contributed by atoms with E-state index in [1.54, 1.807) is 32.4 Å². The number of methoxy groups -OCH3 is 2. The monoisotopic (exact) mass is 369 g/mol. The third-order valence-corrected chi connectivity index (χ3v) is 5.44. The number of hydrogen-bond donors (Lipinski definition) is 1. The molecule has 0 saturated heterocycles. The number of benzene rings is 2. The summed E-state index contributed by atoms with van der Waals surface area (Å²) in [5.41, 5.74) is 1.29. The lowest BCUT2D eigenvalue weighted by atomic mass is 9.83. The Morgan fingerprint density at radius 2 is 1.81 bits per heavy atom. The minimum atomic E-state index is -0.260. The summed E-state index contributed by atoms with van der Waals surface area (Å²) in [4.78, 5) is 12.9. The maximum Gasteiger partial charge on any atom is 0.251 e. The molecule has 1 amide bonds. The highest BCUT2D eigenvalue weighted by Gasteiger charge is 2.39. The van der Waals surface area contributed by atoms with Crippen LogP contribution < -0.4 is 19.5 Å². The Kier molecular flexibility index (Phi) is 5.59. The van der Waals surface area contributed by atoms with Gasteiger partial charge in [0.1, 0.15) is 11.4 Å². The predicted molar refractivity (Wildman–Crippen MR) is 105 cm³/mol. The normalized spacial score (nSPS) is 17.4. The number of carbonyl (C=O) groups excluding carboxylic acids is 1. The van der Waals surface area contributed by atoms with Crippen LogP contribution in [0.2, 0.25) is 0 Å². The molecule has 1 unspecified atom stereocenters. The van der Waals surface area contributed by atoms with Crippen LogP contribution in [0.3, 0.4) is 0 Å². The van der Waals surface area contributed by atoms with Gasteiger partial charge in [0.2, 0.25) is 0 Å². The van der Waals surface area contributed by atoms with Gasteiger partial charge in [-0.15, -0.1) is 0 Å². The van der Waals surface area contributed by atoms with Gasteiger partial charge in [-0.1, -0.05) is 32.0 Å². The summed E-state index contributed by atoms with van der Waals surface area (Å²) >= 11 is 0. The van der Waals surface area contributed by atoms with E-state index in [-0.39, 0.29) is 17.6 Å². The number of ether oxygens (including phenoxy) is 3. The van der Waals surface area contributed by atoms with Crippen LogP contribution in [0.5, 0.6) is 17.2 Å². The zero-order chi connectivity index (χ0) is 19.4. The third-order valence-electron chi connectivity index (χ3n) is 5.44. The van der Waals surface area contributed by atoms with Crippen molar-refractivity contribution in [3.8, 4) is 17.2 Å². The maximum absolute atomic E-state index is 12.9. The maximum atomic E-state index is 12.9. The van der Waals surface area contributed by atoms with E-state index in [9.17, 15) is 4.79 Å². The number of para-hydroxylation sites is 1. The Bertz CT molecular complexity index is 814. The Hall–Kier alpha value is -2.69. The Morgan fingerprint density at radius 3 is 2.48 bits per heavy atom. The zero-order valence-corrected chi connectivity index (χ0v) is 16.4. The summed E-state index contributed by atoms with van der Waals surface area (Å²) < 4.78 is 16.9. The standard InChI is InChI=1S/C22H27NO4/c1-5-22(6-2)14-17(16-9-7-8-10-18(16)27-22)23-21(24)15-11-12-19(25-3)20(13-15)26-4/h7-13,17H,5-6,14H2,1-4H3,(H,23,24). The van der Waals surface area contributed by atoms with Crippen LogP contribution in [0, 0.1) is 0 Å². The molecular weight excluding hydrogens is 342 g/mol. The van der Waals surface area contributed by atoms with Crippen molar-refractivity contribution in [2.24, 2.45) is 0 Å². The third kappa shape index (κ3) is 3.72. The molecule has 0 aliphatic carbocycles. The molecule has 0 spiro atoms. The summed E-state index contributed by atoms with van der Waals surface area (Å²) in [6.07, 6.45) is 2.52. The lowest BCUT2D eigenvalue weighted by Crippen LogP contribution is -2.44. The van der Waals surface area contributed by atoms with Crippen LogP contribution in [-0.2, 0) is 0 Å². The molecule has 0 aromatic heterocycles. The van der Waals surface area contributed by atoms with Gasteiger partial charge in [-0.3, -0.25) is 4.79 Å². The predicted octanol–water partition coefficient (Wildman–Crippen LogP) is 4.52. The first-order valence-corrected chi connectivity index (χ1v) is 9.36. The molecule has 1 heterocycles. The molecule has 1 aliphatic rings. The smallest absolute Gasteiger partial charge is 0.251 e. The van der Waals surface area contributed by atoms with Crippen molar-refractivity contribution in [2.45, 2.75) is 44.8 Å². The number of fused-ring (bicyclic) bond motifs is 1. The van der Waals surface area contributed by atoms with Gasteiger partial charge in [-0.05, 0) is 37.1 Å². The van der Waals surface area contributed by atoms with Crippen molar-refractivity contribution < 1.29 is 19.0 Å². The number of hydrogen-bond acceptors (Lipinski definition) is 4. The molecule has 2 aromatic carbocycles. The molecule has 5 heteroatoms. The minimum Gasteiger partial charge on any atom is -0.493 e. The highest BCUT2D eigenvalue weighted by Crippen LogP contribution is 2.42. The molecule has 5 nitrogen and oxygen atoms in total. The molecule has 0 bridgehead atoms. The SMILES string of the molecule is CCC1(CC)CC(NC(=O)c2ccc(OC)c(OC)c2)c2ccccc2O1. The summed E-state index contributed by atoms with van der Waals surface area (Å²) in [6, 6.07) is 13.0. The van der Waals surface area contributed by atoms with Crippen molar-refractivity contribution in [3.05, 3.63) is 53.6 Å². The summed E-state index contributed by atoms with van der Waals surface area (Å²) in [6.45, 7) is 4.26. The number of rotatable bonds is 6. The molecule has 1 aliphatic heterocycles. The van der Waals surface area contributed by atoms with E-state index in [4.69, 9.17) is 14.2 Å². The Morgan fingerprint density at radius 1 is 1.11 bits per heavy atom. The van der Waals surface area contributed by atoms with Gasteiger partial charge >= 0.3 is 0 Å². The second-order valence-electron chi connectivity index (χ2n) is 6.83. The Balaban J connectivity index is 1.88. The highest BCUT2D eigenvalue weighted by atomic mass is 16.5. The molecule has 27 heavy (non-hydrogen) atoms. The summed E-state index contributed by atoms with van der Waals surface area (Å²) in [5.74, 6) is 1.85. The van der Waals surface area contributed by atoms with Crippen LogP contribution in [0.25, 0.3) is 0 Å². The quantitative estimate of drug-likeness (QED) is 0.814. The van der Waals surface area contributed by atoms with Crippen LogP contribution in [0.15, 0.2) is 42.5 Å². The summed E-state index contributed by atoms with van der Waals surface area (Å²) in [7, 11) is 3.14. The number of nitrogens with one attached hydrogen (secondary N) is 1. The van der Waals surface area contributed by atoms with E-state index in [1.807, 2.05) is 24.3 Å². The van der Waals surface area contributed by atoms with E-state index < -0.39 is 0 Å². The molecule has 144 valence electrons. The molecule has 0 fully saturated rings. The van der Waals surface area contributed by atoms with E-state index in [2.05, 4.69) is 19.2 Å². The van der Waals surface area contributed by atoms with Gasteiger partial charge in [-0.2, -0.15) is 0 Å². The van der Waals surface area contributed by atoms with Crippen molar-refractivity contribution in [1.82, 2.24) is 5.32 Å². The Labute approximate surface area is 160 Å². The highest BCUT2D eigenvalue weighted by molar-refractivity contribution is 5.95. The number of carbonyl (C=O) groups is 1. The first kappa shape index (κ1) is 19.1. The van der Waals surface area contributed by atoms with E-state index in [1.165, 1.54) is 0 Å². The van der Waals surface area contributed by atoms with Crippen molar-refractivity contribution in [3.63, 3.8) is 0 Å². The van der Waals surface area contributed by atoms with Crippen LogP contribution in [0.4, 0.5) is 0 Å². The van der Waals surface area contributed by atoms with Crippen LogP contribution in [-0.4, -0.2) is 25.7 Å². The lowest BCUT2D eigenvalue weighted by molar-refractivity contribution is 0.0227. The molecule has 1 atom stereocenters. The fourth-order valence-electron chi connectivity index (χ4n) is 3.65. The largest absolute Gasteiger partial charge is 0.493 e. The fraction of sp³-hybridized carbons (Fsp3) is 0.409. The van der Waals surface area contributed by atoms with Gasteiger partial charge in [-0.25, -0.2) is 0 Å². The van der Waals surface area contributed by atoms with E-state index in [0.717, 1.165) is 30.6 Å². The van der Waals surface area contributed by atoms with Gasteiger partial charge < -0.3 is 19.5 Å². The van der Waals surface area contributed by atoms with Crippen molar-refractivity contribution in [1.29, 1.82) is 0 Å². The van der Waals surface area contributed by atoms with Crippen LogP contribution >= 0.6 is 0 Å². The fourth-order valence-corrected chi connectivity index (χ4v) is 3.65. The second kappa shape index (κ2) is 7.91. The molecule has 1 N–H and O–H groups in total. The second-order valence-corrected chi connectivity index (χ2v) is 6.83. The minimum absolute atomic E-state index is 0.101. The molecule has 0 radical (unpaired) electrons. The van der Waals surface area contributed by atoms with Crippen LogP contribution in [0.1, 0.15) is 55.1 Å². The van der Waals surface area contributed by atoms with Crippen molar-refractivity contribution >= 4 is 5.91 Å². The van der Waals surface area contributed by atoms with Gasteiger partial charge in [0.05, 0.1) is 20.3 Å². The van der Waals surface area contributed by atoms with Gasteiger partial charge in [0, 0.05) is 17.5 Å². The molecular formula is C22H27NO4. The average molecular weight is 369 g/mol. The van der Waals surface area contributed by atoms with Gasteiger partial charge in [0.15, 0.2) is 11.5 Å². The van der Waals surface area contributed by atoms with Crippen molar-refractivity contribution in [2.75, 3.05) is 14.2 Å². The zero-order valence-electron chi connectivity index (χ0n) is 16.4. The van der Waals surface area contributed by atoms with E-state index in [0.29, 0.717) is 17.1 Å². The molecule has 2 aromatic rings. The summed E-state index contributed by atoms with van der Waals surface area (Å²) in [5, 5.41) is 3.19. The number of amides is 1. The topological polar surface area (TPSA) is 56.8 Å². The van der Waals surface area contributed by atoms with Gasteiger partial charge in [0.25, 0.3) is 5.91 Å². The first-order chi connectivity index (χ1) is 13.1. The molecule has 0 saturated carbocycles. The average Bonchev–Trinajstić information content (AvgIpc) is 2.72.